The minimum absolute atomic E-state index is 0.652. The first kappa shape index (κ1) is 15.4. The summed E-state index contributed by atoms with van der Waals surface area (Å²) in [6.45, 7) is 4.19. The molecule has 4 aromatic rings. The van der Waals surface area contributed by atoms with Gasteiger partial charge in [0.2, 0.25) is 5.89 Å². The Hall–Kier alpha value is -3.14. The van der Waals surface area contributed by atoms with Crippen molar-refractivity contribution in [2.45, 2.75) is 13.8 Å². The maximum Gasteiger partial charge on any atom is 0.227 e. The fourth-order valence-corrected chi connectivity index (χ4v) is 3.18. The van der Waals surface area contributed by atoms with Gasteiger partial charge in [0.15, 0.2) is 0 Å². The lowest BCUT2D eigenvalue weighted by Crippen LogP contribution is -1.92. The van der Waals surface area contributed by atoms with Gasteiger partial charge >= 0.3 is 0 Å². The standard InChI is InChI=1S/C21H19N3O/c1-14-9-10-18(17-11-22-24(3)12-17)15(2)20(14)21-23-19(13-25-21)16-7-5-4-6-8-16/h4-13H,1-3H3. The van der Waals surface area contributed by atoms with Crippen LogP contribution >= 0.6 is 0 Å². The Bertz CT molecular complexity index is 1030. The Morgan fingerprint density at radius 2 is 1.76 bits per heavy atom. The van der Waals surface area contributed by atoms with Crippen molar-refractivity contribution in [3.8, 4) is 33.8 Å². The van der Waals surface area contributed by atoms with Crippen LogP contribution in [0.3, 0.4) is 0 Å². The van der Waals surface area contributed by atoms with Gasteiger partial charge in [-0.15, -0.1) is 0 Å². The van der Waals surface area contributed by atoms with E-state index >= 15 is 0 Å². The predicted octanol–water partition coefficient (Wildman–Crippen LogP) is 5.03. The lowest BCUT2D eigenvalue weighted by atomic mass is 9.94. The minimum Gasteiger partial charge on any atom is -0.444 e. The van der Waals surface area contributed by atoms with Gasteiger partial charge in [-0.1, -0.05) is 42.5 Å². The molecule has 0 spiro atoms. The van der Waals surface area contributed by atoms with Crippen LogP contribution in [-0.2, 0) is 7.05 Å². The molecule has 0 fully saturated rings. The van der Waals surface area contributed by atoms with E-state index in [2.05, 4.69) is 31.1 Å². The molecule has 2 aromatic carbocycles. The molecule has 0 saturated carbocycles. The van der Waals surface area contributed by atoms with Crippen LogP contribution in [0.15, 0.2) is 65.5 Å². The summed E-state index contributed by atoms with van der Waals surface area (Å²) in [4.78, 5) is 4.72. The Balaban J connectivity index is 1.82. The van der Waals surface area contributed by atoms with Crippen molar-refractivity contribution >= 4 is 0 Å². The van der Waals surface area contributed by atoms with E-state index in [4.69, 9.17) is 9.40 Å². The van der Waals surface area contributed by atoms with Crippen molar-refractivity contribution < 1.29 is 4.42 Å². The second-order valence-corrected chi connectivity index (χ2v) is 6.24. The highest BCUT2D eigenvalue weighted by Crippen LogP contribution is 2.35. The number of oxazole rings is 1. The molecule has 0 saturated heterocycles. The zero-order valence-corrected chi connectivity index (χ0v) is 14.5. The van der Waals surface area contributed by atoms with Crippen molar-refractivity contribution in [3.05, 3.63) is 72.2 Å². The normalized spacial score (nSPS) is 11.0. The molecular formula is C21H19N3O. The van der Waals surface area contributed by atoms with Crippen molar-refractivity contribution in [1.82, 2.24) is 14.8 Å². The van der Waals surface area contributed by atoms with Gasteiger partial charge in [0.05, 0.1) is 6.20 Å². The number of hydrogen-bond donors (Lipinski definition) is 0. The number of rotatable bonds is 3. The number of hydrogen-bond acceptors (Lipinski definition) is 3. The van der Waals surface area contributed by atoms with Crippen LogP contribution in [0.4, 0.5) is 0 Å². The summed E-state index contributed by atoms with van der Waals surface area (Å²) in [5, 5.41) is 4.28. The molecule has 0 atom stereocenters. The van der Waals surface area contributed by atoms with Gasteiger partial charge in [0.25, 0.3) is 0 Å². The molecular weight excluding hydrogens is 310 g/mol. The molecule has 0 aliphatic carbocycles. The summed E-state index contributed by atoms with van der Waals surface area (Å²) in [7, 11) is 1.92. The average molecular weight is 329 g/mol. The molecule has 0 amide bonds. The van der Waals surface area contributed by atoms with Gasteiger partial charge in [-0.3, -0.25) is 4.68 Å². The van der Waals surface area contributed by atoms with E-state index in [1.165, 1.54) is 0 Å². The Morgan fingerprint density at radius 3 is 2.48 bits per heavy atom. The van der Waals surface area contributed by atoms with Crippen molar-refractivity contribution in [2.75, 3.05) is 0 Å². The summed E-state index contributed by atoms with van der Waals surface area (Å²) in [5.74, 6) is 0.652. The van der Waals surface area contributed by atoms with Gasteiger partial charge in [-0.2, -0.15) is 5.10 Å². The number of aryl methyl sites for hydroxylation is 2. The fraction of sp³-hybridized carbons (Fsp3) is 0.143. The van der Waals surface area contributed by atoms with Crippen molar-refractivity contribution in [3.63, 3.8) is 0 Å². The lowest BCUT2D eigenvalue weighted by molar-refractivity contribution is 0.574. The molecule has 0 aliphatic rings. The third-order valence-corrected chi connectivity index (χ3v) is 4.48. The summed E-state index contributed by atoms with van der Waals surface area (Å²) >= 11 is 0. The lowest BCUT2D eigenvalue weighted by Gasteiger charge is -2.11. The first-order chi connectivity index (χ1) is 12.1. The highest BCUT2D eigenvalue weighted by atomic mass is 16.3. The molecule has 25 heavy (non-hydrogen) atoms. The molecule has 4 nitrogen and oxygen atoms in total. The van der Waals surface area contributed by atoms with Crippen LogP contribution in [-0.4, -0.2) is 14.8 Å². The molecule has 2 heterocycles. The fourth-order valence-electron chi connectivity index (χ4n) is 3.18. The van der Waals surface area contributed by atoms with E-state index < -0.39 is 0 Å². The van der Waals surface area contributed by atoms with Crippen LogP contribution in [0.2, 0.25) is 0 Å². The highest BCUT2D eigenvalue weighted by molar-refractivity contribution is 5.77. The van der Waals surface area contributed by atoms with E-state index in [0.717, 1.165) is 39.1 Å². The topological polar surface area (TPSA) is 43.9 Å². The molecule has 4 heteroatoms. The van der Waals surface area contributed by atoms with E-state index in [1.807, 2.05) is 54.5 Å². The molecule has 2 aromatic heterocycles. The van der Waals surface area contributed by atoms with Gasteiger partial charge in [0.1, 0.15) is 12.0 Å². The van der Waals surface area contributed by atoms with Gasteiger partial charge in [-0.05, 0) is 30.5 Å². The monoisotopic (exact) mass is 329 g/mol. The predicted molar refractivity (Wildman–Crippen MR) is 99.1 cm³/mol. The molecule has 0 unspecified atom stereocenters. The number of aromatic nitrogens is 3. The van der Waals surface area contributed by atoms with Gasteiger partial charge < -0.3 is 4.42 Å². The summed E-state index contributed by atoms with van der Waals surface area (Å²) in [6, 6.07) is 14.3. The van der Waals surface area contributed by atoms with Crippen LogP contribution < -0.4 is 0 Å². The minimum atomic E-state index is 0.652. The van der Waals surface area contributed by atoms with E-state index in [-0.39, 0.29) is 0 Å². The van der Waals surface area contributed by atoms with Gasteiger partial charge in [-0.25, -0.2) is 4.98 Å². The average Bonchev–Trinajstić information content (AvgIpc) is 3.25. The second-order valence-electron chi connectivity index (χ2n) is 6.24. The zero-order valence-electron chi connectivity index (χ0n) is 14.5. The summed E-state index contributed by atoms with van der Waals surface area (Å²) in [6.07, 6.45) is 5.62. The number of benzene rings is 2. The number of nitrogens with zero attached hydrogens (tertiary/aromatic N) is 3. The smallest absolute Gasteiger partial charge is 0.227 e. The van der Waals surface area contributed by atoms with Crippen LogP contribution in [0, 0.1) is 13.8 Å². The third-order valence-electron chi connectivity index (χ3n) is 4.48. The van der Waals surface area contributed by atoms with Crippen LogP contribution in [0.5, 0.6) is 0 Å². The molecule has 4 rings (SSSR count). The maximum absolute atomic E-state index is 5.83. The maximum atomic E-state index is 5.83. The Morgan fingerprint density at radius 1 is 0.960 bits per heavy atom. The van der Waals surface area contributed by atoms with Crippen LogP contribution in [0.25, 0.3) is 33.8 Å². The Kier molecular flexibility index (Phi) is 3.73. The molecule has 0 N–H and O–H groups in total. The highest BCUT2D eigenvalue weighted by Gasteiger charge is 2.16. The Labute approximate surface area is 146 Å². The zero-order chi connectivity index (χ0) is 17.4. The first-order valence-electron chi connectivity index (χ1n) is 8.24. The largest absolute Gasteiger partial charge is 0.444 e. The third kappa shape index (κ3) is 2.76. The van der Waals surface area contributed by atoms with E-state index in [1.54, 1.807) is 6.26 Å². The van der Waals surface area contributed by atoms with E-state index in [9.17, 15) is 0 Å². The summed E-state index contributed by atoms with van der Waals surface area (Å²) < 4.78 is 7.64. The van der Waals surface area contributed by atoms with Crippen molar-refractivity contribution in [1.29, 1.82) is 0 Å². The molecule has 0 aliphatic heterocycles. The molecule has 0 radical (unpaired) electrons. The molecule has 0 bridgehead atoms. The van der Waals surface area contributed by atoms with Gasteiger partial charge in [0, 0.05) is 29.9 Å². The summed E-state index contributed by atoms with van der Waals surface area (Å²) in [5.41, 5.74) is 7.48. The quantitative estimate of drug-likeness (QED) is 0.530. The van der Waals surface area contributed by atoms with Crippen molar-refractivity contribution in [2.24, 2.45) is 7.05 Å². The SMILES string of the molecule is Cc1ccc(-c2cnn(C)c2)c(C)c1-c1nc(-c2ccccc2)co1. The van der Waals surface area contributed by atoms with E-state index in [0.29, 0.717) is 5.89 Å². The second kappa shape index (κ2) is 6.06. The molecule has 124 valence electrons. The first-order valence-corrected chi connectivity index (χ1v) is 8.24. The van der Waals surface area contributed by atoms with Crippen LogP contribution in [0.1, 0.15) is 11.1 Å².